The van der Waals surface area contributed by atoms with Crippen molar-refractivity contribution >= 4 is 29.0 Å². The number of para-hydroxylation sites is 1. The number of hydrogen-bond acceptors (Lipinski definition) is 3. The maximum absolute atomic E-state index is 13.4. The third-order valence-electron chi connectivity index (χ3n) is 5.87. The van der Waals surface area contributed by atoms with Crippen molar-refractivity contribution in [3.63, 3.8) is 0 Å². The summed E-state index contributed by atoms with van der Waals surface area (Å²) in [4.78, 5) is 28.3. The first-order valence-electron chi connectivity index (χ1n) is 10.2. The molecular formula is C26H24ClNO3. The van der Waals surface area contributed by atoms with Crippen molar-refractivity contribution in [2.75, 3.05) is 4.90 Å². The van der Waals surface area contributed by atoms with Gasteiger partial charge in [0.2, 0.25) is 0 Å². The summed E-state index contributed by atoms with van der Waals surface area (Å²) in [7, 11) is 0. The molecule has 0 fully saturated rings. The minimum Gasteiger partial charge on any atom is -0.375 e. The number of amides is 1. The average Bonchev–Trinajstić information content (AvgIpc) is 2.91. The molecule has 1 atom stereocenters. The van der Waals surface area contributed by atoms with Gasteiger partial charge in [-0.3, -0.25) is 9.59 Å². The molecule has 0 radical (unpaired) electrons. The Morgan fingerprint density at radius 2 is 1.61 bits per heavy atom. The van der Waals surface area contributed by atoms with E-state index >= 15 is 0 Å². The lowest BCUT2D eigenvalue weighted by atomic mass is 9.85. The number of aryl methyl sites for hydroxylation is 3. The number of hydrogen-bond donors (Lipinski definition) is 1. The second kappa shape index (κ2) is 7.95. The van der Waals surface area contributed by atoms with E-state index < -0.39 is 11.5 Å². The van der Waals surface area contributed by atoms with Crippen LogP contribution in [0, 0.1) is 20.8 Å². The number of nitrogens with zero attached hydrogens (tertiary/aromatic N) is 1. The van der Waals surface area contributed by atoms with E-state index in [9.17, 15) is 14.7 Å². The number of carbonyl (C=O) groups is 2. The van der Waals surface area contributed by atoms with Crippen molar-refractivity contribution in [1.29, 1.82) is 0 Å². The van der Waals surface area contributed by atoms with Gasteiger partial charge in [-0.2, -0.15) is 0 Å². The maximum Gasteiger partial charge on any atom is 0.264 e. The fourth-order valence-corrected chi connectivity index (χ4v) is 4.67. The van der Waals surface area contributed by atoms with E-state index in [1.54, 1.807) is 35.2 Å². The van der Waals surface area contributed by atoms with E-state index in [-0.39, 0.29) is 18.7 Å². The predicted molar refractivity (Wildman–Crippen MR) is 123 cm³/mol. The van der Waals surface area contributed by atoms with Crippen LogP contribution in [-0.2, 0) is 16.9 Å². The van der Waals surface area contributed by atoms with Gasteiger partial charge in [-0.1, -0.05) is 59.6 Å². The van der Waals surface area contributed by atoms with Crippen LogP contribution in [0.3, 0.4) is 0 Å². The molecule has 0 aromatic heterocycles. The largest absolute Gasteiger partial charge is 0.375 e. The van der Waals surface area contributed by atoms with Crippen LogP contribution >= 0.6 is 11.6 Å². The summed E-state index contributed by atoms with van der Waals surface area (Å²) in [6.07, 6.45) is -0.301. The van der Waals surface area contributed by atoms with Crippen LogP contribution in [0.15, 0.2) is 60.7 Å². The molecule has 0 unspecified atom stereocenters. The highest BCUT2D eigenvalue weighted by Crippen LogP contribution is 2.43. The molecule has 1 aliphatic rings. The Bertz CT molecular complexity index is 1160. The molecule has 0 aliphatic carbocycles. The zero-order valence-corrected chi connectivity index (χ0v) is 18.5. The molecule has 0 saturated heterocycles. The summed E-state index contributed by atoms with van der Waals surface area (Å²) in [5.74, 6) is -0.728. The predicted octanol–water partition coefficient (Wildman–Crippen LogP) is 5.27. The molecule has 3 aromatic carbocycles. The number of benzene rings is 3. The second-order valence-electron chi connectivity index (χ2n) is 8.27. The van der Waals surface area contributed by atoms with Gasteiger partial charge in [0.05, 0.1) is 18.7 Å². The maximum atomic E-state index is 13.4. The standard InChI is InChI=1S/C26H24ClNO3/c1-16-12-17(2)24(18(3)13-16)23(29)14-26(31)21-6-4-5-7-22(21)28(25(26)30)15-19-8-10-20(27)11-9-19/h4-13,31H,14-15H2,1-3H3/t26-/m1/s1. The quantitative estimate of drug-likeness (QED) is 0.557. The zero-order chi connectivity index (χ0) is 22.3. The van der Waals surface area contributed by atoms with E-state index in [0.717, 1.165) is 22.3 Å². The first-order valence-corrected chi connectivity index (χ1v) is 10.6. The summed E-state index contributed by atoms with van der Waals surface area (Å²) in [6.45, 7) is 6.03. The van der Waals surface area contributed by atoms with Gasteiger partial charge in [-0.05, 0) is 55.7 Å². The summed E-state index contributed by atoms with van der Waals surface area (Å²) >= 11 is 5.98. The minimum absolute atomic E-state index is 0.242. The molecule has 0 saturated carbocycles. The highest BCUT2D eigenvalue weighted by atomic mass is 35.5. The number of fused-ring (bicyclic) bond motifs is 1. The lowest BCUT2D eigenvalue weighted by molar-refractivity contribution is -0.136. The van der Waals surface area contributed by atoms with Crippen LogP contribution in [0.2, 0.25) is 5.02 Å². The van der Waals surface area contributed by atoms with Crippen LogP contribution in [0.4, 0.5) is 5.69 Å². The molecule has 1 heterocycles. The van der Waals surface area contributed by atoms with Crippen LogP contribution < -0.4 is 4.90 Å². The van der Waals surface area contributed by atoms with Crippen molar-refractivity contribution in [1.82, 2.24) is 0 Å². The highest BCUT2D eigenvalue weighted by molar-refractivity contribution is 6.30. The van der Waals surface area contributed by atoms with Gasteiger partial charge in [0.25, 0.3) is 5.91 Å². The Morgan fingerprint density at radius 3 is 2.26 bits per heavy atom. The minimum atomic E-state index is -1.90. The lowest BCUT2D eigenvalue weighted by Crippen LogP contribution is -2.41. The summed E-state index contributed by atoms with van der Waals surface area (Å²) in [6, 6.07) is 18.2. The topological polar surface area (TPSA) is 57.6 Å². The third kappa shape index (κ3) is 3.78. The first kappa shape index (κ1) is 21.3. The molecule has 5 heteroatoms. The molecule has 0 spiro atoms. The van der Waals surface area contributed by atoms with Crippen LogP contribution in [0.1, 0.15) is 44.6 Å². The fourth-order valence-electron chi connectivity index (χ4n) is 4.55. The Hall–Kier alpha value is -2.95. The number of Topliss-reactive ketones (excluding diaryl/α,β-unsaturated/α-hetero) is 1. The van der Waals surface area contributed by atoms with Crippen molar-refractivity contribution in [3.8, 4) is 0 Å². The third-order valence-corrected chi connectivity index (χ3v) is 6.12. The van der Waals surface area contributed by atoms with Gasteiger partial charge in [0, 0.05) is 16.1 Å². The smallest absolute Gasteiger partial charge is 0.264 e. The summed E-state index contributed by atoms with van der Waals surface area (Å²) < 4.78 is 0. The van der Waals surface area contributed by atoms with Crippen molar-refractivity contribution in [2.45, 2.75) is 39.3 Å². The Kier molecular flexibility index (Phi) is 5.46. The van der Waals surface area contributed by atoms with Crippen molar-refractivity contribution in [3.05, 3.63) is 99.1 Å². The molecule has 3 aromatic rings. The van der Waals surface area contributed by atoms with E-state index in [4.69, 9.17) is 11.6 Å². The van der Waals surface area contributed by atoms with Crippen molar-refractivity contribution in [2.24, 2.45) is 0 Å². The van der Waals surface area contributed by atoms with Crippen LogP contribution in [0.25, 0.3) is 0 Å². The highest BCUT2D eigenvalue weighted by Gasteiger charge is 2.50. The van der Waals surface area contributed by atoms with Gasteiger partial charge in [-0.25, -0.2) is 0 Å². The van der Waals surface area contributed by atoms with Gasteiger partial charge in [0.15, 0.2) is 11.4 Å². The van der Waals surface area contributed by atoms with Gasteiger partial charge >= 0.3 is 0 Å². The fraction of sp³-hybridized carbons (Fsp3) is 0.231. The Balaban J connectivity index is 1.70. The van der Waals surface area contributed by atoms with E-state index in [1.807, 2.05) is 51.1 Å². The van der Waals surface area contributed by atoms with Crippen molar-refractivity contribution < 1.29 is 14.7 Å². The number of anilines is 1. The monoisotopic (exact) mass is 433 g/mol. The molecule has 4 nitrogen and oxygen atoms in total. The molecule has 4 rings (SSSR count). The molecule has 1 amide bonds. The molecule has 158 valence electrons. The van der Waals surface area contributed by atoms with E-state index in [1.165, 1.54) is 0 Å². The number of halogens is 1. The SMILES string of the molecule is Cc1cc(C)c(C(=O)C[C@]2(O)C(=O)N(Cc3ccc(Cl)cc3)c3ccccc32)c(C)c1. The number of rotatable bonds is 5. The zero-order valence-electron chi connectivity index (χ0n) is 17.8. The molecule has 1 aliphatic heterocycles. The van der Waals surface area contributed by atoms with Crippen LogP contribution in [-0.4, -0.2) is 16.8 Å². The van der Waals surface area contributed by atoms with Gasteiger partial charge in [-0.15, -0.1) is 0 Å². The Morgan fingerprint density at radius 1 is 1.00 bits per heavy atom. The number of carbonyl (C=O) groups excluding carboxylic acids is 2. The summed E-state index contributed by atoms with van der Waals surface area (Å²) in [5, 5.41) is 12.2. The molecule has 0 bridgehead atoms. The normalized spacial score (nSPS) is 17.7. The average molecular weight is 434 g/mol. The van der Waals surface area contributed by atoms with E-state index in [0.29, 0.717) is 21.8 Å². The first-order chi connectivity index (χ1) is 14.7. The number of aliphatic hydroxyl groups is 1. The van der Waals surface area contributed by atoms with E-state index in [2.05, 4.69) is 0 Å². The van der Waals surface area contributed by atoms with Gasteiger partial charge in [0.1, 0.15) is 0 Å². The molecule has 31 heavy (non-hydrogen) atoms. The summed E-state index contributed by atoms with van der Waals surface area (Å²) in [5.41, 5.74) is 3.41. The van der Waals surface area contributed by atoms with Crippen LogP contribution in [0.5, 0.6) is 0 Å². The molecular weight excluding hydrogens is 410 g/mol. The van der Waals surface area contributed by atoms with Gasteiger partial charge < -0.3 is 10.0 Å². The molecule has 1 N–H and O–H groups in total. The number of ketones is 1. The Labute approximate surface area is 187 Å². The lowest BCUT2D eigenvalue weighted by Gasteiger charge is -2.23. The second-order valence-corrected chi connectivity index (χ2v) is 8.71.